The van der Waals surface area contributed by atoms with E-state index in [9.17, 15) is 13.2 Å². The first kappa shape index (κ1) is 15.5. The van der Waals surface area contributed by atoms with Gasteiger partial charge in [0.15, 0.2) is 0 Å². The van der Waals surface area contributed by atoms with Crippen LogP contribution in [0.15, 0.2) is 29.2 Å². The molecule has 0 aromatic heterocycles. The molecule has 0 radical (unpaired) electrons. The number of hydrogen-bond donors (Lipinski definition) is 3. The van der Waals surface area contributed by atoms with Crippen LogP contribution < -0.4 is 10.0 Å². The third kappa shape index (κ3) is 4.29. The first-order valence-corrected chi connectivity index (χ1v) is 7.98. The van der Waals surface area contributed by atoms with E-state index >= 15 is 0 Å². The Morgan fingerprint density at radius 2 is 2.05 bits per heavy atom. The Bertz CT molecular complexity index is 671. The van der Waals surface area contributed by atoms with Crippen molar-refractivity contribution in [3.63, 3.8) is 0 Å². The van der Waals surface area contributed by atoms with Gasteiger partial charge in [-0.05, 0) is 24.3 Å². The molecular formula is C14H16N2O4S. The highest BCUT2D eigenvalue weighted by molar-refractivity contribution is 7.89. The van der Waals surface area contributed by atoms with Gasteiger partial charge in [-0.1, -0.05) is 11.8 Å². The molecule has 1 aromatic carbocycles. The van der Waals surface area contributed by atoms with Gasteiger partial charge in [0.2, 0.25) is 15.9 Å². The van der Waals surface area contributed by atoms with Crippen LogP contribution in [-0.2, 0) is 14.8 Å². The van der Waals surface area contributed by atoms with E-state index in [4.69, 9.17) is 5.11 Å². The molecule has 1 atom stereocenters. The van der Waals surface area contributed by atoms with Crippen molar-refractivity contribution < 1.29 is 18.3 Å². The average Bonchev–Trinajstić information content (AvgIpc) is 2.84. The van der Waals surface area contributed by atoms with Crippen molar-refractivity contribution in [1.82, 2.24) is 10.0 Å². The molecule has 3 N–H and O–H groups in total. The molecule has 112 valence electrons. The number of amides is 1. The van der Waals surface area contributed by atoms with E-state index in [1.165, 1.54) is 12.1 Å². The molecule has 1 aliphatic rings. The maximum atomic E-state index is 12.1. The largest absolute Gasteiger partial charge is 0.395 e. The standard InChI is InChI=1S/C14H16N2O4S/c17-8-2-1-3-11-4-6-13(7-5-11)21(19,20)16-12-9-14(18)15-10-12/h4-7,12,16-17H,2,8-10H2,(H,15,18). The lowest BCUT2D eigenvalue weighted by Gasteiger charge is -2.11. The molecule has 0 aliphatic carbocycles. The number of carbonyl (C=O) groups excluding carboxylic acids is 1. The highest BCUT2D eigenvalue weighted by Crippen LogP contribution is 2.12. The van der Waals surface area contributed by atoms with Crippen molar-refractivity contribution in [2.45, 2.75) is 23.8 Å². The summed E-state index contributed by atoms with van der Waals surface area (Å²) in [6.07, 6.45) is 0.536. The molecule has 1 aliphatic heterocycles. The first-order valence-electron chi connectivity index (χ1n) is 6.50. The van der Waals surface area contributed by atoms with Crippen molar-refractivity contribution in [2.75, 3.05) is 13.2 Å². The molecule has 0 saturated carbocycles. The molecule has 1 aromatic rings. The van der Waals surface area contributed by atoms with Crippen LogP contribution in [0.25, 0.3) is 0 Å². The molecule has 1 saturated heterocycles. The number of hydrogen-bond acceptors (Lipinski definition) is 4. The fraction of sp³-hybridized carbons (Fsp3) is 0.357. The predicted molar refractivity (Wildman–Crippen MR) is 76.8 cm³/mol. The van der Waals surface area contributed by atoms with Gasteiger partial charge in [0, 0.05) is 31.0 Å². The third-order valence-electron chi connectivity index (χ3n) is 2.93. The lowest BCUT2D eigenvalue weighted by Crippen LogP contribution is -2.36. The molecule has 0 spiro atoms. The molecule has 7 heteroatoms. The number of benzene rings is 1. The van der Waals surface area contributed by atoms with E-state index in [2.05, 4.69) is 21.9 Å². The molecule has 6 nitrogen and oxygen atoms in total. The molecular weight excluding hydrogens is 292 g/mol. The maximum Gasteiger partial charge on any atom is 0.240 e. The Labute approximate surface area is 123 Å². The fourth-order valence-electron chi connectivity index (χ4n) is 1.91. The second-order valence-corrected chi connectivity index (χ2v) is 6.34. The maximum absolute atomic E-state index is 12.1. The van der Waals surface area contributed by atoms with Gasteiger partial charge in [-0.3, -0.25) is 4.79 Å². The summed E-state index contributed by atoms with van der Waals surface area (Å²) in [5.41, 5.74) is 0.681. The topological polar surface area (TPSA) is 95.5 Å². The minimum absolute atomic E-state index is 0.00245. The highest BCUT2D eigenvalue weighted by atomic mass is 32.2. The van der Waals surface area contributed by atoms with E-state index in [1.807, 2.05) is 0 Å². The summed E-state index contributed by atoms with van der Waals surface area (Å²) in [6, 6.07) is 5.74. The zero-order valence-corrected chi connectivity index (χ0v) is 12.1. The number of carbonyl (C=O) groups is 1. The number of nitrogens with one attached hydrogen (secondary N) is 2. The second kappa shape index (κ2) is 6.72. The summed E-state index contributed by atoms with van der Waals surface area (Å²) in [6.45, 7) is 0.306. The van der Waals surface area contributed by atoms with Crippen LogP contribution in [0, 0.1) is 11.8 Å². The molecule has 21 heavy (non-hydrogen) atoms. The van der Waals surface area contributed by atoms with Gasteiger partial charge in [0.1, 0.15) is 0 Å². The lowest BCUT2D eigenvalue weighted by molar-refractivity contribution is -0.119. The number of aliphatic hydroxyl groups is 1. The predicted octanol–water partition coefficient (Wildman–Crippen LogP) is -0.413. The quantitative estimate of drug-likeness (QED) is 0.659. The summed E-state index contributed by atoms with van der Waals surface area (Å²) in [7, 11) is -3.64. The highest BCUT2D eigenvalue weighted by Gasteiger charge is 2.26. The van der Waals surface area contributed by atoms with Crippen molar-refractivity contribution in [3.05, 3.63) is 29.8 Å². The van der Waals surface area contributed by atoms with Gasteiger partial charge in [0.05, 0.1) is 11.5 Å². The first-order chi connectivity index (χ1) is 10.0. The normalized spacial score (nSPS) is 18.0. The van der Waals surface area contributed by atoms with Gasteiger partial charge >= 0.3 is 0 Å². The molecule has 1 amide bonds. The Balaban J connectivity index is 2.07. The van der Waals surface area contributed by atoms with E-state index in [0.29, 0.717) is 18.5 Å². The van der Waals surface area contributed by atoms with Crippen molar-refractivity contribution in [3.8, 4) is 11.8 Å². The third-order valence-corrected chi connectivity index (χ3v) is 4.47. The molecule has 2 rings (SSSR count). The Kier molecular flexibility index (Phi) is 4.96. The smallest absolute Gasteiger partial charge is 0.240 e. The van der Waals surface area contributed by atoms with Gasteiger partial charge in [-0.25, -0.2) is 13.1 Å². The van der Waals surface area contributed by atoms with E-state index < -0.39 is 16.1 Å². The average molecular weight is 308 g/mol. The molecule has 0 bridgehead atoms. The monoisotopic (exact) mass is 308 g/mol. The molecule has 1 unspecified atom stereocenters. The van der Waals surface area contributed by atoms with E-state index in [-0.39, 0.29) is 23.8 Å². The van der Waals surface area contributed by atoms with Gasteiger partial charge in [-0.15, -0.1) is 0 Å². The summed E-state index contributed by atoms with van der Waals surface area (Å²) >= 11 is 0. The number of rotatable bonds is 4. The van der Waals surface area contributed by atoms with Gasteiger partial charge < -0.3 is 10.4 Å². The van der Waals surface area contributed by atoms with Crippen LogP contribution in [-0.4, -0.2) is 38.6 Å². The lowest BCUT2D eigenvalue weighted by atomic mass is 10.2. The van der Waals surface area contributed by atoms with E-state index in [1.54, 1.807) is 12.1 Å². The van der Waals surface area contributed by atoms with Crippen LogP contribution in [0.3, 0.4) is 0 Å². The second-order valence-electron chi connectivity index (χ2n) is 4.63. The van der Waals surface area contributed by atoms with Crippen molar-refractivity contribution in [2.24, 2.45) is 0 Å². The summed E-state index contributed by atoms with van der Waals surface area (Å²) in [4.78, 5) is 11.2. The number of sulfonamides is 1. The van der Waals surface area contributed by atoms with Crippen LogP contribution >= 0.6 is 0 Å². The SMILES string of the molecule is O=C1CC(NS(=O)(=O)c2ccc(C#CCCO)cc2)CN1. The Hall–Kier alpha value is -1.88. The minimum atomic E-state index is -3.64. The fourth-order valence-corrected chi connectivity index (χ4v) is 3.15. The van der Waals surface area contributed by atoms with Crippen LogP contribution in [0.4, 0.5) is 0 Å². The molecule has 1 fully saturated rings. The summed E-state index contributed by atoms with van der Waals surface area (Å²) < 4.78 is 26.8. The van der Waals surface area contributed by atoms with Gasteiger partial charge in [0.25, 0.3) is 0 Å². The van der Waals surface area contributed by atoms with Gasteiger partial charge in [-0.2, -0.15) is 0 Å². The summed E-state index contributed by atoms with van der Waals surface area (Å²) in [5, 5.41) is 11.2. The van der Waals surface area contributed by atoms with Crippen LogP contribution in [0.2, 0.25) is 0 Å². The Morgan fingerprint density at radius 3 is 2.62 bits per heavy atom. The van der Waals surface area contributed by atoms with Crippen molar-refractivity contribution in [1.29, 1.82) is 0 Å². The molecule has 1 heterocycles. The van der Waals surface area contributed by atoms with E-state index in [0.717, 1.165) is 0 Å². The number of aliphatic hydroxyl groups excluding tert-OH is 1. The Morgan fingerprint density at radius 1 is 1.33 bits per heavy atom. The van der Waals surface area contributed by atoms with Crippen LogP contribution in [0.1, 0.15) is 18.4 Å². The minimum Gasteiger partial charge on any atom is -0.395 e. The van der Waals surface area contributed by atoms with Crippen molar-refractivity contribution >= 4 is 15.9 Å². The summed E-state index contributed by atoms with van der Waals surface area (Å²) in [5.74, 6) is 5.43. The zero-order chi connectivity index (χ0) is 15.3. The zero-order valence-electron chi connectivity index (χ0n) is 11.3. The van der Waals surface area contributed by atoms with Crippen LogP contribution in [0.5, 0.6) is 0 Å².